The van der Waals surface area contributed by atoms with E-state index < -0.39 is 0 Å². The molecular formula is C23H34N8. The number of hydrogen-bond donors (Lipinski definition) is 4. The topological polar surface area (TPSA) is 123 Å². The molecule has 1 fully saturated rings. The highest BCUT2D eigenvalue weighted by Crippen LogP contribution is 2.29. The molecular weight excluding hydrogens is 388 g/mol. The van der Waals surface area contributed by atoms with Crippen molar-refractivity contribution in [1.82, 2.24) is 19.7 Å². The summed E-state index contributed by atoms with van der Waals surface area (Å²) in [5.41, 5.74) is 17.3. The molecule has 0 spiro atoms. The predicted molar refractivity (Wildman–Crippen MR) is 126 cm³/mol. The number of aromatic amines is 1. The first-order valence-electron chi connectivity index (χ1n) is 11.3. The van der Waals surface area contributed by atoms with Crippen LogP contribution in [0.4, 0.5) is 17.2 Å². The van der Waals surface area contributed by atoms with Gasteiger partial charge in [0.25, 0.3) is 0 Å². The van der Waals surface area contributed by atoms with Gasteiger partial charge in [0.15, 0.2) is 11.3 Å². The van der Waals surface area contributed by atoms with Gasteiger partial charge < -0.3 is 21.4 Å². The van der Waals surface area contributed by atoms with Crippen molar-refractivity contribution >= 4 is 28.2 Å². The summed E-state index contributed by atoms with van der Waals surface area (Å²) in [4.78, 5) is 10.1. The molecule has 0 saturated heterocycles. The second-order valence-corrected chi connectivity index (χ2v) is 9.16. The van der Waals surface area contributed by atoms with Crippen molar-refractivity contribution in [3.05, 3.63) is 35.6 Å². The third kappa shape index (κ3) is 4.44. The molecule has 4 rings (SSSR count). The largest absolute Gasteiger partial charge is 0.399 e. The van der Waals surface area contributed by atoms with Gasteiger partial charge in [-0.05, 0) is 63.6 Å². The van der Waals surface area contributed by atoms with Crippen LogP contribution in [0, 0.1) is 0 Å². The Morgan fingerprint density at radius 3 is 2.55 bits per heavy atom. The first-order chi connectivity index (χ1) is 14.8. The molecule has 0 aliphatic heterocycles. The predicted octanol–water partition coefficient (Wildman–Crippen LogP) is 3.96. The van der Waals surface area contributed by atoms with Crippen LogP contribution in [0.1, 0.15) is 71.0 Å². The number of hydrogen-bond acceptors (Lipinski definition) is 6. The molecule has 0 amide bonds. The molecule has 1 aliphatic carbocycles. The second-order valence-electron chi connectivity index (χ2n) is 9.16. The first-order valence-corrected chi connectivity index (χ1v) is 11.3. The normalized spacial score (nSPS) is 20.2. The zero-order valence-corrected chi connectivity index (χ0v) is 18.9. The molecule has 0 atom stereocenters. The van der Waals surface area contributed by atoms with Gasteiger partial charge in [-0.15, -0.1) is 0 Å². The quantitative estimate of drug-likeness (QED) is 0.464. The molecule has 1 aliphatic rings. The lowest BCUT2D eigenvalue weighted by Gasteiger charge is -2.24. The Morgan fingerprint density at radius 1 is 1.16 bits per heavy atom. The van der Waals surface area contributed by atoms with Gasteiger partial charge in [0.2, 0.25) is 5.62 Å². The van der Waals surface area contributed by atoms with E-state index in [1.54, 1.807) is 0 Å². The summed E-state index contributed by atoms with van der Waals surface area (Å²) in [5.74, 6) is 0.977. The lowest BCUT2D eigenvalue weighted by Crippen LogP contribution is -2.33. The Bertz CT molecular complexity index is 1120. The van der Waals surface area contributed by atoms with Gasteiger partial charge in [0.1, 0.15) is 0 Å². The summed E-state index contributed by atoms with van der Waals surface area (Å²) in [6.45, 7) is 8.67. The summed E-state index contributed by atoms with van der Waals surface area (Å²) in [6, 6.07) is 8.38. The fraction of sp³-hybridized carbons (Fsp3) is 0.522. The highest BCUT2D eigenvalue weighted by Gasteiger charge is 2.22. The van der Waals surface area contributed by atoms with Crippen LogP contribution < -0.4 is 22.4 Å². The number of benzene rings is 1. The molecule has 3 aromatic rings. The average Bonchev–Trinajstić information content (AvgIpc) is 3.15. The van der Waals surface area contributed by atoms with Crippen molar-refractivity contribution in [3.8, 4) is 0 Å². The Hall–Kier alpha value is -2.87. The van der Waals surface area contributed by atoms with E-state index in [1.807, 2.05) is 24.3 Å². The summed E-state index contributed by atoms with van der Waals surface area (Å²) in [6.07, 6.45) is 4.02. The Kier molecular flexibility index (Phi) is 6.00. The number of anilines is 3. The van der Waals surface area contributed by atoms with E-state index >= 15 is 0 Å². The number of H-pyrrole nitrogens is 1. The van der Waals surface area contributed by atoms with Crippen LogP contribution in [-0.2, 0) is 0 Å². The van der Waals surface area contributed by atoms with Gasteiger partial charge in [0.05, 0.1) is 17.3 Å². The lowest BCUT2D eigenvalue weighted by molar-refractivity contribution is 0.386. The van der Waals surface area contributed by atoms with Crippen molar-refractivity contribution in [2.45, 2.75) is 77.4 Å². The fourth-order valence-corrected chi connectivity index (χ4v) is 4.28. The van der Waals surface area contributed by atoms with E-state index in [9.17, 15) is 0 Å². The molecule has 0 unspecified atom stereocenters. The van der Waals surface area contributed by atoms with Gasteiger partial charge in [0, 0.05) is 23.5 Å². The summed E-state index contributed by atoms with van der Waals surface area (Å²) >= 11 is 0. The van der Waals surface area contributed by atoms with Crippen molar-refractivity contribution < 1.29 is 0 Å². The minimum absolute atomic E-state index is 0.191. The van der Waals surface area contributed by atoms with Gasteiger partial charge in [-0.25, -0.2) is 4.99 Å². The summed E-state index contributed by atoms with van der Waals surface area (Å²) in [5, 5.41) is 11.3. The maximum atomic E-state index is 6.11. The molecule has 8 nitrogen and oxygen atoms in total. The molecule has 8 heteroatoms. The van der Waals surface area contributed by atoms with E-state index in [0.717, 1.165) is 53.7 Å². The van der Waals surface area contributed by atoms with Gasteiger partial charge >= 0.3 is 0 Å². The van der Waals surface area contributed by atoms with Crippen LogP contribution in [0.15, 0.2) is 29.3 Å². The van der Waals surface area contributed by atoms with Crippen molar-refractivity contribution in [1.29, 1.82) is 0 Å². The maximum Gasteiger partial charge on any atom is 0.227 e. The highest BCUT2D eigenvalue weighted by atomic mass is 15.2. The standard InChI is InChI=1S/C23H34N8/c1-13(2)19-21-20(30-29-19)22(26-18-7-5-6-16(25)12-18)28-23(31(21)14(3)4)27-17-10-8-15(24)9-11-17/h5-7,12-15,17H,8-11,24-25H2,1-4H3,(H,29,30)(H,26,27,28). The van der Waals surface area contributed by atoms with E-state index in [-0.39, 0.29) is 18.0 Å². The molecule has 166 valence electrons. The highest BCUT2D eigenvalue weighted by molar-refractivity contribution is 5.89. The van der Waals surface area contributed by atoms with Crippen LogP contribution in [0.25, 0.3) is 11.0 Å². The fourth-order valence-electron chi connectivity index (χ4n) is 4.28. The minimum atomic E-state index is 0.191. The minimum Gasteiger partial charge on any atom is -0.399 e. The number of aromatic nitrogens is 4. The average molecular weight is 423 g/mol. The molecule has 6 N–H and O–H groups in total. The Labute approximate surface area is 183 Å². The Morgan fingerprint density at radius 2 is 1.90 bits per heavy atom. The van der Waals surface area contributed by atoms with Crippen molar-refractivity contribution in [3.63, 3.8) is 0 Å². The molecule has 2 heterocycles. The van der Waals surface area contributed by atoms with E-state index in [2.05, 4.69) is 47.8 Å². The number of nitrogen functional groups attached to an aromatic ring is 1. The molecule has 1 saturated carbocycles. The number of rotatable bonds is 5. The van der Waals surface area contributed by atoms with Gasteiger partial charge in [-0.1, -0.05) is 19.9 Å². The van der Waals surface area contributed by atoms with Crippen molar-refractivity contribution in [2.75, 3.05) is 11.1 Å². The number of nitrogens with zero attached hydrogens (tertiary/aromatic N) is 4. The summed E-state index contributed by atoms with van der Waals surface area (Å²) < 4.78 is 2.22. The number of nitrogens with two attached hydrogens (primary N) is 2. The number of nitrogens with one attached hydrogen (secondary N) is 2. The second kappa shape index (κ2) is 8.70. The molecule has 2 aromatic heterocycles. The zero-order valence-electron chi connectivity index (χ0n) is 18.9. The first kappa shape index (κ1) is 21.4. The monoisotopic (exact) mass is 422 g/mol. The molecule has 0 radical (unpaired) electrons. The van der Waals surface area contributed by atoms with Crippen LogP contribution in [-0.4, -0.2) is 31.8 Å². The van der Waals surface area contributed by atoms with Crippen LogP contribution in [0.5, 0.6) is 0 Å². The van der Waals surface area contributed by atoms with E-state index in [4.69, 9.17) is 21.4 Å². The SMILES string of the molecule is CC(C)c1[nH]nc2c(Nc3cccc(N)c3)nc(=NC3CCC(N)CC3)n(C(C)C)c12. The molecule has 31 heavy (non-hydrogen) atoms. The third-order valence-electron chi connectivity index (χ3n) is 5.94. The van der Waals surface area contributed by atoms with Gasteiger partial charge in [-0.2, -0.15) is 10.1 Å². The lowest BCUT2D eigenvalue weighted by atomic mass is 9.92. The molecule has 0 bridgehead atoms. The summed E-state index contributed by atoms with van der Waals surface area (Å²) in [7, 11) is 0. The van der Waals surface area contributed by atoms with Crippen LogP contribution in [0.3, 0.4) is 0 Å². The van der Waals surface area contributed by atoms with Gasteiger partial charge in [-0.3, -0.25) is 5.10 Å². The van der Waals surface area contributed by atoms with Crippen LogP contribution in [0.2, 0.25) is 0 Å². The van der Waals surface area contributed by atoms with E-state index in [0.29, 0.717) is 17.5 Å². The number of fused-ring (bicyclic) bond motifs is 1. The van der Waals surface area contributed by atoms with Crippen molar-refractivity contribution in [2.24, 2.45) is 10.7 Å². The zero-order chi connectivity index (χ0) is 22.1. The maximum absolute atomic E-state index is 6.11. The van der Waals surface area contributed by atoms with Crippen LogP contribution >= 0.6 is 0 Å². The molecule has 1 aromatic carbocycles. The van der Waals surface area contributed by atoms with E-state index in [1.165, 1.54) is 0 Å². The smallest absolute Gasteiger partial charge is 0.227 e. The third-order valence-corrected chi connectivity index (χ3v) is 5.94. The Balaban J connectivity index is 1.92.